The number of likely N-dealkylation sites (tertiary alicyclic amines) is 1. The molecular formula is C38H44N4O8S. The van der Waals surface area contributed by atoms with Crippen molar-refractivity contribution in [1.29, 1.82) is 0 Å². The molecule has 0 bridgehead atoms. The quantitative estimate of drug-likeness (QED) is 0.135. The third-order valence-corrected chi connectivity index (χ3v) is 10.0. The SMILES string of the molecule is COc1ccc2ccc(S(=O)(=O)NC(COCc3ccccc3)C(=O)N3CCCC3CNC(=O)CCCNC(=O)OCc3ccccc3)cc2c1. The van der Waals surface area contributed by atoms with E-state index in [1.165, 1.54) is 6.07 Å². The summed E-state index contributed by atoms with van der Waals surface area (Å²) in [5.41, 5.74) is 1.76. The molecule has 3 amide bonds. The van der Waals surface area contributed by atoms with Crippen LogP contribution in [0, 0.1) is 0 Å². The number of rotatable bonds is 17. The van der Waals surface area contributed by atoms with Gasteiger partial charge in [0.2, 0.25) is 21.8 Å². The molecule has 0 aromatic heterocycles. The van der Waals surface area contributed by atoms with Gasteiger partial charge in [0.25, 0.3) is 0 Å². The Balaban J connectivity index is 1.16. The summed E-state index contributed by atoms with van der Waals surface area (Å²) in [7, 11) is -2.61. The zero-order chi connectivity index (χ0) is 36.1. The Labute approximate surface area is 298 Å². The van der Waals surface area contributed by atoms with Gasteiger partial charge in [0.05, 0.1) is 25.2 Å². The maximum Gasteiger partial charge on any atom is 0.407 e. The molecule has 1 heterocycles. The van der Waals surface area contributed by atoms with Gasteiger partial charge >= 0.3 is 6.09 Å². The van der Waals surface area contributed by atoms with Crippen LogP contribution >= 0.6 is 0 Å². The van der Waals surface area contributed by atoms with Crippen molar-refractivity contribution in [2.75, 3.05) is 33.4 Å². The largest absolute Gasteiger partial charge is 0.497 e. The molecule has 0 spiro atoms. The number of carbonyl (C=O) groups excluding carboxylic acids is 3. The molecule has 12 nitrogen and oxygen atoms in total. The molecule has 1 saturated heterocycles. The second kappa shape index (κ2) is 18.3. The molecule has 2 atom stereocenters. The lowest BCUT2D eigenvalue weighted by atomic mass is 10.1. The molecule has 270 valence electrons. The van der Waals surface area contributed by atoms with E-state index in [0.717, 1.165) is 16.5 Å². The molecule has 1 fully saturated rings. The van der Waals surface area contributed by atoms with E-state index in [0.29, 0.717) is 36.9 Å². The number of alkyl carbamates (subject to hydrolysis) is 1. The molecule has 1 aliphatic rings. The number of nitrogens with one attached hydrogen (secondary N) is 3. The van der Waals surface area contributed by atoms with Crippen LogP contribution in [0.15, 0.2) is 102 Å². The number of ether oxygens (including phenoxy) is 3. The van der Waals surface area contributed by atoms with Crippen molar-refractivity contribution >= 4 is 38.7 Å². The minimum Gasteiger partial charge on any atom is -0.497 e. The number of hydrogen-bond acceptors (Lipinski definition) is 8. The van der Waals surface area contributed by atoms with Crippen molar-refractivity contribution in [1.82, 2.24) is 20.3 Å². The van der Waals surface area contributed by atoms with E-state index in [9.17, 15) is 22.8 Å². The molecule has 13 heteroatoms. The molecule has 5 rings (SSSR count). The first-order chi connectivity index (χ1) is 24.7. The van der Waals surface area contributed by atoms with Gasteiger partial charge in [-0.25, -0.2) is 13.2 Å². The van der Waals surface area contributed by atoms with E-state index in [4.69, 9.17) is 14.2 Å². The minimum absolute atomic E-state index is 0.00768. The number of carbonyl (C=O) groups is 3. The maximum absolute atomic E-state index is 14.0. The van der Waals surface area contributed by atoms with Gasteiger partial charge in [-0.1, -0.05) is 72.8 Å². The number of nitrogens with zero attached hydrogens (tertiary/aromatic N) is 1. The summed E-state index contributed by atoms with van der Waals surface area (Å²) in [5, 5.41) is 7.05. The van der Waals surface area contributed by atoms with Crippen LogP contribution in [-0.2, 0) is 42.3 Å². The molecule has 3 N–H and O–H groups in total. The van der Waals surface area contributed by atoms with Gasteiger partial charge in [0.1, 0.15) is 18.4 Å². The highest BCUT2D eigenvalue weighted by molar-refractivity contribution is 7.89. The van der Waals surface area contributed by atoms with Crippen LogP contribution in [0.5, 0.6) is 5.75 Å². The standard InChI is InChI=1S/C38H44N4O8S/c1-48-33-18-16-30-17-19-34(23-31(30)22-33)51(46,47)41-35(27-49-25-28-10-4-2-5-11-28)37(44)42-21-9-14-32(42)24-40-36(43)15-8-20-39-38(45)50-26-29-12-6-3-7-13-29/h2-7,10-13,16-19,22-23,32,35,41H,8-9,14-15,20-21,24-27H2,1H3,(H,39,45)(H,40,43). The number of amides is 3. The average Bonchev–Trinajstić information content (AvgIpc) is 3.63. The Morgan fingerprint density at radius 1 is 0.863 bits per heavy atom. The van der Waals surface area contributed by atoms with Gasteiger partial charge in [-0.2, -0.15) is 4.72 Å². The lowest BCUT2D eigenvalue weighted by Crippen LogP contribution is -2.53. The maximum atomic E-state index is 14.0. The third-order valence-electron chi connectivity index (χ3n) is 8.58. The van der Waals surface area contributed by atoms with Crippen molar-refractivity contribution in [3.63, 3.8) is 0 Å². The van der Waals surface area contributed by atoms with Crippen LogP contribution in [0.3, 0.4) is 0 Å². The Morgan fingerprint density at radius 3 is 2.29 bits per heavy atom. The topological polar surface area (TPSA) is 152 Å². The molecule has 0 aliphatic carbocycles. The van der Waals surface area contributed by atoms with Gasteiger partial charge < -0.3 is 29.7 Å². The lowest BCUT2D eigenvalue weighted by Gasteiger charge is -2.29. The van der Waals surface area contributed by atoms with E-state index in [1.807, 2.05) is 66.7 Å². The van der Waals surface area contributed by atoms with E-state index in [2.05, 4.69) is 15.4 Å². The Hall–Kier alpha value is -4.98. The number of methoxy groups -OCH3 is 1. The molecule has 1 aliphatic heterocycles. The summed E-state index contributed by atoms with van der Waals surface area (Å²) >= 11 is 0. The van der Waals surface area contributed by atoms with Gasteiger partial charge in [-0.15, -0.1) is 0 Å². The van der Waals surface area contributed by atoms with Crippen LogP contribution in [-0.4, -0.2) is 76.7 Å². The van der Waals surface area contributed by atoms with Crippen molar-refractivity contribution in [3.05, 3.63) is 108 Å². The van der Waals surface area contributed by atoms with E-state index < -0.39 is 28.1 Å². The summed E-state index contributed by atoms with van der Waals surface area (Å²) in [5.74, 6) is -0.0513. The summed E-state index contributed by atoms with van der Waals surface area (Å²) in [6.07, 6.45) is 1.38. The molecule has 0 radical (unpaired) electrons. The highest BCUT2D eigenvalue weighted by Crippen LogP contribution is 2.25. The second-order valence-electron chi connectivity index (χ2n) is 12.3. The Morgan fingerprint density at radius 2 is 1.57 bits per heavy atom. The first-order valence-electron chi connectivity index (χ1n) is 17.0. The fraction of sp³-hybridized carbons (Fsp3) is 0.342. The summed E-state index contributed by atoms with van der Waals surface area (Å²) in [6, 6.07) is 27.4. The predicted molar refractivity (Wildman–Crippen MR) is 192 cm³/mol. The molecule has 0 saturated carbocycles. The van der Waals surface area contributed by atoms with E-state index >= 15 is 0 Å². The number of benzene rings is 4. The van der Waals surface area contributed by atoms with Crippen LogP contribution in [0.1, 0.15) is 36.8 Å². The fourth-order valence-corrected chi connectivity index (χ4v) is 7.06. The van der Waals surface area contributed by atoms with E-state index in [-0.39, 0.29) is 56.2 Å². The highest BCUT2D eigenvalue weighted by atomic mass is 32.2. The van der Waals surface area contributed by atoms with Crippen LogP contribution < -0.4 is 20.1 Å². The molecular weight excluding hydrogens is 673 g/mol. The first-order valence-corrected chi connectivity index (χ1v) is 18.4. The van der Waals surface area contributed by atoms with Crippen LogP contribution in [0.4, 0.5) is 4.79 Å². The van der Waals surface area contributed by atoms with Gasteiger partial charge in [0.15, 0.2) is 0 Å². The zero-order valence-corrected chi connectivity index (χ0v) is 29.4. The Bertz CT molecular complexity index is 1880. The first kappa shape index (κ1) is 37.3. The number of fused-ring (bicyclic) bond motifs is 1. The zero-order valence-electron chi connectivity index (χ0n) is 28.6. The van der Waals surface area contributed by atoms with Gasteiger partial charge in [0, 0.05) is 32.1 Å². The fourth-order valence-electron chi connectivity index (χ4n) is 5.85. The monoisotopic (exact) mass is 716 g/mol. The smallest absolute Gasteiger partial charge is 0.407 e. The van der Waals surface area contributed by atoms with Crippen molar-refractivity contribution in [2.45, 2.75) is 55.9 Å². The number of sulfonamides is 1. The average molecular weight is 717 g/mol. The van der Waals surface area contributed by atoms with Crippen LogP contribution in [0.2, 0.25) is 0 Å². The summed E-state index contributed by atoms with van der Waals surface area (Å²) < 4.78 is 46.4. The third kappa shape index (κ3) is 11.0. The summed E-state index contributed by atoms with van der Waals surface area (Å²) in [4.78, 5) is 40.2. The second-order valence-corrected chi connectivity index (χ2v) is 14.0. The lowest BCUT2D eigenvalue weighted by molar-refractivity contribution is -0.136. The Kier molecular flexibility index (Phi) is 13.4. The van der Waals surface area contributed by atoms with Gasteiger partial charge in [-0.05, 0) is 65.4 Å². The van der Waals surface area contributed by atoms with Crippen molar-refractivity contribution in [3.8, 4) is 5.75 Å². The highest BCUT2D eigenvalue weighted by Gasteiger charge is 2.36. The van der Waals surface area contributed by atoms with Gasteiger partial charge in [-0.3, -0.25) is 9.59 Å². The van der Waals surface area contributed by atoms with Crippen molar-refractivity contribution in [2.24, 2.45) is 0 Å². The minimum atomic E-state index is -4.15. The van der Waals surface area contributed by atoms with E-state index in [1.54, 1.807) is 36.3 Å². The number of hydrogen-bond donors (Lipinski definition) is 3. The van der Waals surface area contributed by atoms with Crippen LogP contribution in [0.25, 0.3) is 10.8 Å². The normalized spacial score (nSPS) is 14.9. The molecule has 4 aromatic carbocycles. The molecule has 51 heavy (non-hydrogen) atoms. The molecule has 4 aromatic rings. The molecule has 2 unspecified atom stereocenters. The predicted octanol–water partition coefficient (Wildman–Crippen LogP) is 4.53. The summed E-state index contributed by atoms with van der Waals surface area (Å²) in [6.45, 7) is 1.07. The van der Waals surface area contributed by atoms with Crippen molar-refractivity contribution < 1.29 is 37.0 Å².